The van der Waals surface area contributed by atoms with E-state index in [1.807, 2.05) is 19.9 Å². The van der Waals surface area contributed by atoms with E-state index in [0.29, 0.717) is 17.0 Å². The molecule has 2 rings (SSSR count). The summed E-state index contributed by atoms with van der Waals surface area (Å²) in [6.45, 7) is 8.99. The molecule has 1 heterocycles. The Morgan fingerprint density at radius 1 is 1.15 bits per heavy atom. The van der Waals surface area contributed by atoms with E-state index in [9.17, 15) is 9.59 Å². The first-order chi connectivity index (χ1) is 12.9. The summed E-state index contributed by atoms with van der Waals surface area (Å²) < 4.78 is 11.0. The topological polar surface area (TPSA) is 64.6 Å². The van der Waals surface area contributed by atoms with Gasteiger partial charge in [0.05, 0.1) is 45.1 Å². The number of carbonyl (C=O) groups is 2. The molecule has 1 aliphatic rings. The Morgan fingerprint density at radius 2 is 1.78 bits per heavy atom. The maximum absolute atomic E-state index is 13.1. The molecule has 1 aromatic carbocycles. The van der Waals surface area contributed by atoms with Crippen molar-refractivity contribution < 1.29 is 23.5 Å². The molecule has 1 saturated heterocycles. The number of nitrogens with one attached hydrogen (secondary N) is 1. The van der Waals surface area contributed by atoms with Crippen molar-refractivity contribution >= 4 is 17.6 Å². The molecule has 1 fully saturated rings. The lowest BCUT2D eigenvalue weighted by Gasteiger charge is -2.41. The van der Waals surface area contributed by atoms with Gasteiger partial charge in [-0.3, -0.25) is 4.79 Å². The Morgan fingerprint density at radius 3 is 2.30 bits per heavy atom. The van der Waals surface area contributed by atoms with Crippen molar-refractivity contribution in [3.05, 3.63) is 23.3 Å². The lowest BCUT2D eigenvalue weighted by atomic mass is 10.1. The summed E-state index contributed by atoms with van der Waals surface area (Å²) in [6, 6.07) is 3.23. The number of esters is 1. The van der Waals surface area contributed by atoms with Gasteiger partial charge in [-0.1, -0.05) is 0 Å². The van der Waals surface area contributed by atoms with E-state index in [1.165, 1.54) is 20.0 Å². The van der Waals surface area contributed by atoms with E-state index >= 15 is 0 Å². The highest BCUT2D eigenvalue weighted by atomic mass is 16.5. The smallest absolute Gasteiger partial charge is 0.340 e. The quantitative estimate of drug-likeness (QED) is 0.608. The van der Waals surface area contributed by atoms with Crippen LogP contribution in [-0.2, 0) is 9.53 Å². The van der Waals surface area contributed by atoms with Crippen molar-refractivity contribution in [2.75, 3.05) is 39.2 Å². The van der Waals surface area contributed by atoms with Crippen LogP contribution in [0, 0.1) is 6.92 Å². The number of aryl methyl sites for hydroxylation is 1. The summed E-state index contributed by atoms with van der Waals surface area (Å²) in [7, 11) is 2.88. The number of rotatable bonds is 6. The second-order valence-electron chi connectivity index (χ2n) is 7.42. The van der Waals surface area contributed by atoms with Crippen LogP contribution in [0.4, 0.5) is 5.69 Å². The second kappa shape index (κ2) is 9.22. The molecule has 1 N–H and O–H groups in total. The molecule has 150 valence electrons. The number of benzene rings is 1. The van der Waals surface area contributed by atoms with Crippen LogP contribution in [0.2, 0.25) is 0 Å². The molecule has 0 spiro atoms. The average Bonchev–Trinajstić information content (AvgIpc) is 2.94. The maximum Gasteiger partial charge on any atom is 0.340 e. The monoisotopic (exact) mass is 377 g/mol. The minimum Gasteiger partial charge on any atom is -0.497 e. The van der Waals surface area contributed by atoms with Gasteiger partial charge < -0.3 is 19.3 Å². The highest BCUT2D eigenvalue weighted by Crippen LogP contribution is 2.29. The molecule has 1 amide bonds. The normalized spacial score (nSPS) is 17.5. The summed E-state index contributed by atoms with van der Waals surface area (Å²) in [5.41, 5.74) is 1.59. The molecule has 0 radical (unpaired) electrons. The van der Waals surface area contributed by atoms with E-state index in [4.69, 9.17) is 9.47 Å². The number of anilines is 1. The summed E-state index contributed by atoms with van der Waals surface area (Å²) in [5.74, 6) is 0.00908. The lowest BCUT2D eigenvalue weighted by Crippen LogP contribution is -2.59. The number of amides is 1. The number of likely N-dealkylation sites (tertiary alicyclic amines) is 1. The largest absolute Gasteiger partial charge is 0.497 e. The van der Waals surface area contributed by atoms with Gasteiger partial charge in [-0.25, -0.2) is 4.79 Å². The van der Waals surface area contributed by atoms with Gasteiger partial charge in [0.1, 0.15) is 5.75 Å². The lowest BCUT2D eigenvalue weighted by molar-refractivity contribution is -0.938. The predicted molar refractivity (Wildman–Crippen MR) is 106 cm³/mol. The number of quaternary nitrogens is 1. The number of methoxy groups -OCH3 is 2. The van der Waals surface area contributed by atoms with E-state index < -0.39 is 5.97 Å². The average molecular weight is 378 g/mol. The maximum atomic E-state index is 13.1. The number of hydrogen-bond acceptors (Lipinski definition) is 4. The van der Waals surface area contributed by atoms with Gasteiger partial charge in [-0.05, 0) is 64.2 Å². The first kappa shape index (κ1) is 21.2. The van der Waals surface area contributed by atoms with Crippen LogP contribution in [0.5, 0.6) is 5.75 Å². The fraction of sp³-hybridized carbons (Fsp3) is 0.619. The first-order valence-electron chi connectivity index (χ1n) is 9.82. The summed E-state index contributed by atoms with van der Waals surface area (Å²) >= 11 is 0. The number of likely N-dealkylation sites (N-methyl/N-ethyl adjacent to an activating group) is 1. The van der Waals surface area contributed by atoms with E-state index in [2.05, 4.69) is 12.2 Å². The third-order valence-electron chi connectivity index (χ3n) is 5.99. The van der Waals surface area contributed by atoms with Gasteiger partial charge in [0.15, 0.2) is 6.04 Å². The second-order valence-corrected chi connectivity index (χ2v) is 7.42. The van der Waals surface area contributed by atoms with Crippen molar-refractivity contribution in [3.63, 3.8) is 0 Å². The van der Waals surface area contributed by atoms with Gasteiger partial charge in [0, 0.05) is 0 Å². The van der Waals surface area contributed by atoms with Gasteiger partial charge in [0.25, 0.3) is 5.91 Å². The standard InChI is InChI=1S/C21H32N2O4/c1-6-23(11-9-7-8-10-12-23)16(3)20(24)22-19-15(2)13-17(26-4)14-18(19)21(25)27-5/h13-14,16H,6-12H2,1-5H3/p+1. The van der Waals surface area contributed by atoms with E-state index in [1.54, 1.807) is 13.2 Å². The molecular weight excluding hydrogens is 344 g/mol. The van der Waals surface area contributed by atoms with E-state index in [0.717, 1.165) is 42.5 Å². The molecular formula is C21H33N2O4+. The van der Waals surface area contributed by atoms with Crippen molar-refractivity contribution in [2.45, 2.75) is 52.5 Å². The summed E-state index contributed by atoms with van der Waals surface area (Å²) in [4.78, 5) is 25.4. The van der Waals surface area contributed by atoms with Gasteiger partial charge >= 0.3 is 5.97 Å². The van der Waals surface area contributed by atoms with Gasteiger partial charge in [0.2, 0.25) is 0 Å². The molecule has 1 unspecified atom stereocenters. The molecule has 6 nitrogen and oxygen atoms in total. The zero-order chi connectivity index (χ0) is 20.0. The molecule has 0 bridgehead atoms. The molecule has 0 saturated carbocycles. The number of nitrogens with zero attached hydrogens (tertiary/aromatic N) is 1. The summed E-state index contributed by atoms with van der Waals surface area (Å²) in [6.07, 6.45) is 4.78. The van der Waals surface area contributed by atoms with Crippen LogP contribution in [0.1, 0.15) is 55.5 Å². The fourth-order valence-corrected chi connectivity index (χ4v) is 4.08. The van der Waals surface area contributed by atoms with Crippen LogP contribution in [-0.4, -0.2) is 56.3 Å². The minimum atomic E-state index is -0.492. The zero-order valence-corrected chi connectivity index (χ0v) is 17.3. The van der Waals surface area contributed by atoms with Crippen LogP contribution in [0.15, 0.2) is 12.1 Å². The van der Waals surface area contributed by atoms with Gasteiger partial charge in [-0.15, -0.1) is 0 Å². The van der Waals surface area contributed by atoms with Crippen molar-refractivity contribution in [1.82, 2.24) is 0 Å². The van der Waals surface area contributed by atoms with Crippen molar-refractivity contribution in [3.8, 4) is 5.75 Å². The molecule has 0 aliphatic carbocycles. The van der Waals surface area contributed by atoms with Gasteiger partial charge in [-0.2, -0.15) is 0 Å². The first-order valence-corrected chi connectivity index (χ1v) is 9.82. The molecule has 0 aromatic heterocycles. The molecule has 1 atom stereocenters. The third-order valence-corrected chi connectivity index (χ3v) is 5.99. The minimum absolute atomic E-state index is 0.0582. The zero-order valence-electron chi connectivity index (χ0n) is 17.3. The van der Waals surface area contributed by atoms with E-state index in [-0.39, 0.29) is 11.9 Å². The molecule has 6 heteroatoms. The Hall–Kier alpha value is -2.08. The SMILES string of the molecule is CC[N+]1(C(C)C(=O)Nc2c(C)cc(OC)cc2C(=O)OC)CCCCCC1. The van der Waals surface area contributed by atoms with Crippen LogP contribution in [0.25, 0.3) is 0 Å². The van der Waals surface area contributed by atoms with Crippen LogP contribution >= 0.6 is 0 Å². The fourth-order valence-electron chi connectivity index (χ4n) is 4.08. The number of hydrogen-bond donors (Lipinski definition) is 1. The van der Waals surface area contributed by atoms with Crippen LogP contribution in [0.3, 0.4) is 0 Å². The molecule has 27 heavy (non-hydrogen) atoms. The Balaban J connectivity index is 2.32. The summed E-state index contributed by atoms with van der Waals surface area (Å²) in [5, 5.41) is 3.01. The predicted octanol–water partition coefficient (Wildman–Crippen LogP) is 3.53. The Kier molecular flexibility index (Phi) is 7.25. The Bertz CT molecular complexity index is 679. The number of carbonyl (C=O) groups excluding carboxylic acids is 2. The highest BCUT2D eigenvalue weighted by molar-refractivity contribution is 6.03. The van der Waals surface area contributed by atoms with Crippen molar-refractivity contribution in [1.29, 1.82) is 0 Å². The third kappa shape index (κ3) is 4.61. The molecule has 1 aliphatic heterocycles. The molecule has 1 aromatic rings. The number of ether oxygens (including phenoxy) is 2. The van der Waals surface area contributed by atoms with Crippen molar-refractivity contribution in [2.24, 2.45) is 0 Å². The van der Waals surface area contributed by atoms with Crippen LogP contribution < -0.4 is 10.1 Å². The highest BCUT2D eigenvalue weighted by Gasteiger charge is 2.38. The Labute approximate surface area is 162 Å².